The Hall–Kier alpha value is -2.91. The van der Waals surface area contributed by atoms with Gasteiger partial charge in [0.15, 0.2) is 4.77 Å². The quantitative estimate of drug-likeness (QED) is 0.608. The van der Waals surface area contributed by atoms with Crippen molar-refractivity contribution in [2.75, 3.05) is 27.2 Å². The number of likely N-dealkylation sites (N-methyl/N-ethyl adjacent to an activating group) is 1. The summed E-state index contributed by atoms with van der Waals surface area (Å²) < 4.78 is 29.0. The van der Waals surface area contributed by atoms with E-state index in [1.165, 1.54) is 21.6 Å². The summed E-state index contributed by atoms with van der Waals surface area (Å²) in [7, 11) is 5.31. The number of nitrogens with one attached hydrogen (secondary N) is 1. The number of aromatic nitrogens is 2. The first-order valence-electron chi connectivity index (χ1n) is 9.28. The molecule has 9 heteroatoms. The molecular weight excluding hydrogens is 410 g/mol. The highest BCUT2D eigenvalue weighted by atomic mass is 32.1. The maximum absolute atomic E-state index is 14.2. The van der Waals surface area contributed by atoms with E-state index >= 15 is 0 Å². The molecular formula is C21H22F2N4O2S. The van der Waals surface area contributed by atoms with Crippen LogP contribution in [0.5, 0.6) is 0 Å². The topological polar surface area (TPSA) is 61.3 Å². The van der Waals surface area contributed by atoms with Crippen molar-refractivity contribution in [2.24, 2.45) is 7.05 Å². The molecule has 30 heavy (non-hydrogen) atoms. The molecule has 1 amide bonds. The first kappa shape index (κ1) is 21.8. The maximum atomic E-state index is 14.2. The van der Waals surface area contributed by atoms with Gasteiger partial charge in [-0.25, -0.2) is 8.78 Å². The number of benzene rings is 2. The van der Waals surface area contributed by atoms with Crippen LogP contribution in [0.25, 0.3) is 10.9 Å². The summed E-state index contributed by atoms with van der Waals surface area (Å²) in [6, 6.07) is 8.00. The number of aromatic amines is 1. The molecule has 158 valence electrons. The largest absolute Gasteiger partial charge is 0.333 e. The van der Waals surface area contributed by atoms with Crippen LogP contribution in [0.1, 0.15) is 15.9 Å². The molecule has 0 saturated heterocycles. The van der Waals surface area contributed by atoms with Crippen LogP contribution in [0, 0.1) is 16.4 Å². The Morgan fingerprint density at radius 3 is 2.53 bits per heavy atom. The van der Waals surface area contributed by atoms with Gasteiger partial charge in [-0.3, -0.25) is 14.2 Å². The van der Waals surface area contributed by atoms with Gasteiger partial charge in [0.1, 0.15) is 11.6 Å². The smallest absolute Gasteiger partial charge is 0.261 e. The van der Waals surface area contributed by atoms with Crippen LogP contribution in [0.3, 0.4) is 0 Å². The maximum Gasteiger partial charge on any atom is 0.261 e. The van der Waals surface area contributed by atoms with E-state index in [0.717, 1.165) is 6.07 Å². The highest BCUT2D eigenvalue weighted by Crippen LogP contribution is 2.17. The molecule has 6 nitrogen and oxygen atoms in total. The van der Waals surface area contributed by atoms with Crippen LogP contribution >= 0.6 is 12.2 Å². The number of carbonyl (C=O) groups excluding carboxylic acids is 1. The molecule has 2 aromatic carbocycles. The number of fused-ring (bicyclic) bond motifs is 1. The van der Waals surface area contributed by atoms with Crippen molar-refractivity contribution in [3.05, 3.63) is 74.3 Å². The molecule has 0 unspecified atom stereocenters. The predicted octanol–water partition coefficient (Wildman–Crippen LogP) is 3.08. The average molecular weight is 432 g/mol. The van der Waals surface area contributed by atoms with Crippen LogP contribution in [0.2, 0.25) is 0 Å². The lowest BCUT2D eigenvalue weighted by molar-refractivity contribution is 0.0730. The summed E-state index contributed by atoms with van der Waals surface area (Å²) in [4.78, 5) is 31.9. The van der Waals surface area contributed by atoms with E-state index < -0.39 is 11.6 Å². The molecule has 0 bridgehead atoms. The molecule has 0 aliphatic heterocycles. The third kappa shape index (κ3) is 4.63. The minimum Gasteiger partial charge on any atom is -0.333 e. The molecule has 1 heterocycles. The molecule has 0 radical (unpaired) electrons. The summed E-state index contributed by atoms with van der Waals surface area (Å²) in [6.45, 7) is 0.891. The minimum atomic E-state index is -0.705. The first-order valence-corrected chi connectivity index (χ1v) is 9.69. The van der Waals surface area contributed by atoms with E-state index in [9.17, 15) is 18.4 Å². The number of halogens is 2. The molecule has 1 aromatic heterocycles. The predicted molar refractivity (Wildman–Crippen MR) is 114 cm³/mol. The van der Waals surface area contributed by atoms with Crippen LogP contribution in [-0.4, -0.2) is 52.4 Å². The zero-order chi connectivity index (χ0) is 22.0. The van der Waals surface area contributed by atoms with E-state index in [1.54, 1.807) is 25.2 Å². The molecule has 0 fully saturated rings. The molecule has 0 saturated carbocycles. The van der Waals surface area contributed by atoms with Crippen molar-refractivity contribution in [1.29, 1.82) is 0 Å². The Kier molecular flexibility index (Phi) is 6.42. The summed E-state index contributed by atoms with van der Waals surface area (Å²) in [5.41, 5.74) is 0.750. The van der Waals surface area contributed by atoms with Crippen molar-refractivity contribution in [2.45, 2.75) is 6.54 Å². The second-order valence-electron chi connectivity index (χ2n) is 7.32. The van der Waals surface area contributed by atoms with Crippen molar-refractivity contribution in [3.63, 3.8) is 0 Å². The van der Waals surface area contributed by atoms with Crippen LogP contribution < -0.4 is 5.56 Å². The monoisotopic (exact) mass is 432 g/mol. The molecule has 0 aliphatic carbocycles. The SMILES string of the molecule is CN(C)CCN(Cc1ccc(F)cc1F)C(=O)c1ccc2c(=O)n(C)c(=S)[nH]c2c1. The number of nitrogens with zero attached hydrogens (tertiary/aromatic N) is 3. The zero-order valence-corrected chi connectivity index (χ0v) is 17.7. The van der Waals surface area contributed by atoms with Gasteiger partial charge in [-0.05, 0) is 50.6 Å². The highest BCUT2D eigenvalue weighted by Gasteiger charge is 2.19. The van der Waals surface area contributed by atoms with Gasteiger partial charge in [-0.15, -0.1) is 0 Å². The van der Waals surface area contributed by atoms with Crippen LogP contribution in [0.15, 0.2) is 41.2 Å². The molecule has 3 aromatic rings. The third-order valence-electron chi connectivity index (χ3n) is 4.83. The average Bonchev–Trinajstić information content (AvgIpc) is 2.70. The lowest BCUT2D eigenvalue weighted by atomic mass is 10.1. The van der Waals surface area contributed by atoms with Gasteiger partial charge in [0.05, 0.1) is 10.9 Å². The van der Waals surface area contributed by atoms with E-state index in [0.29, 0.717) is 29.6 Å². The lowest BCUT2D eigenvalue weighted by Crippen LogP contribution is -2.36. The van der Waals surface area contributed by atoms with Gasteiger partial charge < -0.3 is 14.8 Å². The number of H-pyrrole nitrogens is 1. The summed E-state index contributed by atoms with van der Waals surface area (Å²) in [5, 5.41) is 0.409. The molecule has 0 aliphatic rings. The Morgan fingerprint density at radius 2 is 1.87 bits per heavy atom. The van der Waals surface area contributed by atoms with Gasteiger partial charge in [0.25, 0.3) is 11.5 Å². The summed E-state index contributed by atoms with van der Waals surface area (Å²) in [6.07, 6.45) is 0. The van der Waals surface area contributed by atoms with E-state index in [2.05, 4.69) is 4.98 Å². The zero-order valence-electron chi connectivity index (χ0n) is 16.9. The number of hydrogen-bond acceptors (Lipinski definition) is 4. The normalized spacial score (nSPS) is 11.3. The fourth-order valence-electron chi connectivity index (χ4n) is 3.05. The van der Waals surface area contributed by atoms with E-state index in [1.807, 2.05) is 19.0 Å². The Labute approximate surface area is 177 Å². The number of hydrogen-bond donors (Lipinski definition) is 1. The van der Waals surface area contributed by atoms with Crippen molar-refractivity contribution >= 4 is 29.0 Å². The highest BCUT2D eigenvalue weighted by molar-refractivity contribution is 7.71. The van der Waals surface area contributed by atoms with Crippen LogP contribution in [-0.2, 0) is 13.6 Å². The molecule has 3 rings (SSSR count). The van der Waals surface area contributed by atoms with Gasteiger partial charge >= 0.3 is 0 Å². The van der Waals surface area contributed by atoms with Crippen molar-refractivity contribution in [3.8, 4) is 0 Å². The lowest BCUT2D eigenvalue weighted by Gasteiger charge is -2.25. The Balaban J connectivity index is 1.98. The number of amides is 1. The molecule has 1 N–H and O–H groups in total. The van der Waals surface area contributed by atoms with Gasteiger partial charge in [0.2, 0.25) is 0 Å². The summed E-state index contributed by atoms with van der Waals surface area (Å²) >= 11 is 5.14. The van der Waals surface area contributed by atoms with Crippen molar-refractivity contribution in [1.82, 2.24) is 19.4 Å². The van der Waals surface area contributed by atoms with Gasteiger partial charge in [-0.1, -0.05) is 6.07 Å². The number of rotatable bonds is 6. The minimum absolute atomic E-state index is 0.0105. The second-order valence-corrected chi connectivity index (χ2v) is 7.71. The van der Waals surface area contributed by atoms with E-state index in [-0.39, 0.29) is 28.3 Å². The summed E-state index contributed by atoms with van der Waals surface area (Å²) in [5.74, 6) is -1.71. The first-order chi connectivity index (χ1) is 14.2. The van der Waals surface area contributed by atoms with E-state index in [4.69, 9.17) is 12.2 Å². The standard InChI is InChI=1S/C21H22F2N4O2S/c1-25(2)8-9-27(12-14-4-6-15(22)11-17(14)23)19(28)13-5-7-16-18(10-13)24-21(30)26(3)20(16)29/h4-7,10-11H,8-9,12H2,1-3H3,(H,24,30). The number of carbonyl (C=O) groups is 1. The molecule has 0 atom stereocenters. The molecule has 0 spiro atoms. The van der Waals surface area contributed by atoms with Crippen LogP contribution in [0.4, 0.5) is 8.78 Å². The van der Waals surface area contributed by atoms with Gasteiger partial charge in [-0.2, -0.15) is 0 Å². The fraction of sp³-hybridized carbons (Fsp3) is 0.286. The van der Waals surface area contributed by atoms with Gasteiger partial charge in [0, 0.05) is 43.9 Å². The third-order valence-corrected chi connectivity index (χ3v) is 5.20. The second kappa shape index (κ2) is 8.85. The Morgan fingerprint density at radius 1 is 1.13 bits per heavy atom. The van der Waals surface area contributed by atoms with Crippen molar-refractivity contribution < 1.29 is 13.6 Å². The Bertz CT molecular complexity index is 1220. The fourth-order valence-corrected chi connectivity index (χ4v) is 3.24.